The van der Waals surface area contributed by atoms with Crippen molar-refractivity contribution < 1.29 is 9.90 Å². The summed E-state index contributed by atoms with van der Waals surface area (Å²) in [4.78, 5) is 10.9. The molecule has 2 N–H and O–H groups in total. The van der Waals surface area contributed by atoms with Crippen LogP contribution in [-0.2, 0) is 4.79 Å². The molecule has 1 saturated carbocycles. The molecule has 80 valence electrons. The summed E-state index contributed by atoms with van der Waals surface area (Å²) in [5.74, 6) is -0.00394. The van der Waals surface area contributed by atoms with Crippen molar-refractivity contribution in [1.29, 1.82) is 0 Å². The Morgan fingerprint density at radius 3 is 2.64 bits per heavy atom. The Bertz CT molecular complexity index is 267. The molecular weight excluding hydrogens is 198 g/mol. The molecule has 4 heteroatoms. The number of rotatable bonds is 1. The van der Waals surface area contributed by atoms with Gasteiger partial charge in [-0.2, -0.15) is 0 Å². The van der Waals surface area contributed by atoms with Gasteiger partial charge in [-0.25, -0.2) is 0 Å². The van der Waals surface area contributed by atoms with Gasteiger partial charge in [0.1, 0.15) is 6.04 Å². The first kappa shape index (κ1) is 10.3. The molecule has 2 atom stereocenters. The van der Waals surface area contributed by atoms with Crippen LogP contribution in [0.4, 0.5) is 0 Å². The Morgan fingerprint density at radius 1 is 1.50 bits per heavy atom. The fourth-order valence-electron chi connectivity index (χ4n) is 2.58. The van der Waals surface area contributed by atoms with E-state index in [9.17, 15) is 4.79 Å². The molecule has 0 aromatic rings. The first-order valence-electron chi connectivity index (χ1n) is 5.11. The van der Waals surface area contributed by atoms with Crippen LogP contribution in [0.3, 0.4) is 0 Å². The monoisotopic (exact) mass is 215 g/mol. The number of hydrogen-bond donors (Lipinski definition) is 2. The van der Waals surface area contributed by atoms with Gasteiger partial charge in [0.05, 0.1) is 4.87 Å². The van der Waals surface area contributed by atoms with Gasteiger partial charge in [0.2, 0.25) is 0 Å². The second-order valence-electron chi connectivity index (χ2n) is 4.91. The summed E-state index contributed by atoms with van der Waals surface area (Å²) in [6.07, 6.45) is 3.51. The number of carboxylic acid groups (broad SMARTS) is 1. The quantitative estimate of drug-likeness (QED) is 0.699. The molecule has 2 aliphatic rings. The van der Waals surface area contributed by atoms with Gasteiger partial charge < -0.3 is 5.11 Å². The number of hydrogen-bond acceptors (Lipinski definition) is 3. The zero-order valence-corrected chi connectivity index (χ0v) is 9.49. The van der Waals surface area contributed by atoms with E-state index in [4.69, 9.17) is 5.11 Å². The summed E-state index contributed by atoms with van der Waals surface area (Å²) in [5, 5.41) is 12.3. The average molecular weight is 215 g/mol. The molecular formula is C10H17NO2S. The van der Waals surface area contributed by atoms with Crippen LogP contribution in [0.2, 0.25) is 0 Å². The highest BCUT2D eigenvalue weighted by Crippen LogP contribution is 2.54. The third kappa shape index (κ3) is 1.36. The summed E-state index contributed by atoms with van der Waals surface area (Å²) in [7, 11) is 0. The molecule has 1 aliphatic carbocycles. The summed E-state index contributed by atoms with van der Waals surface area (Å²) in [6.45, 7) is 4.48. The molecule has 0 bridgehead atoms. The van der Waals surface area contributed by atoms with Crippen LogP contribution in [0.15, 0.2) is 0 Å². The Balaban J connectivity index is 2.16. The van der Waals surface area contributed by atoms with Crippen molar-refractivity contribution in [1.82, 2.24) is 5.32 Å². The van der Waals surface area contributed by atoms with Gasteiger partial charge in [-0.1, -0.05) is 20.3 Å². The lowest BCUT2D eigenvalue weighted by Gasteiger charge is -2.37. The maximum absolute atomic E-state index is 10.9. The van der Waals surface area contributed by atoms with E-state index in [1.165, 1.54) is 12.8 Å². The topological polar surface area (TPSA) is 49.3 Å². The second-order valence-corrected chi connectivity index (χ2v) is 6.23. The molecule has 1 saturated heterocycles. The zero-order chi connectivity index (χ0) is 10.4. The minimum Gasteiger partial charge on any atom is -0.480 e. The van der Waals surface area contributed by atoms with Crippen molar-refractivity contribution >= 4 is 17.7 Å². The Hall–Kier alpha value is -0.220. The number of carboxylic acids is 1. The molecule has 2 rings (SSSR count). The van der Waals surface area contributed by atoms with E-state index in [2.05, 4.69) is 19.2 Å². The van der Waals surface area contributed by atoms with Crippen LogP contribution >= 0.6 is 11.8 Å². The van der Waals surface area contributed by atoms with Gasteiger partial charge in [0.15, 0.2) is 0 Å². The summed E-state index contributed by atoms with van der Waals surface area (Å²) < 4.78 is 0. The van der Waals surface area contributed by atoms with E-state index >= 15 is 0 Å². The standard InChI is InChI=1S/C10H17NO2S/c1-9(2)4-3-5-10(9)11-7(6-14-10)8(12)13/h7,11H,3-6H2,1-2H3,(H,12,13)/t7-,10?/m1/s1. The van der Waals surface area contributed by atoms with Crippen molar-refractivity contribution in [3.8, 4) is 0 Å². The summed E-state index contributed by atoms with van der Waals surface area (Å²) >= 11 is 1.80. The normalized spacial score (nSPS) is 40.6. The lowest BCUT2D eigenvalue weighted by molar-refractivity contribution is -0.139. The van der Waals surface area contributed by atoms with Gasteiger partial charge in [0.25, 0.3) is 0 Å². The fraction of sp³-hybridized carbons (Fsp3) is 0.900. The first-order chi connectivity index (χ1) is 6.47. The molecule has 3 nitrogen and oxygen atoms in total. The van der Waals surface area contributed by atoms with Gasteiger partial charge in [-0.05, 0) is 18.3 Å². The molecule has 2 fully saturated rings. The minimum absolute atomic E-state index is 0.0239. The molecule has 0 aromatic carbocycles. The molecule has 0 aromatic heterocycles. The molecule has 1 heterocycles. The molecule has 14 heavy (non-hydrogen) atoms. The zero-order valence-electron chi connectivity index (χ0n) is 8.67. The number of thioether (sulfide) groups is 1. The predicted molar refractivity (Wildman–Crippen MR) is 57.4 cm³/mol. The van der Waals surface area contributed by atoms with E-state index in [1.54, 1.807) is 11.8 Å². The number of aliphatic carboxylic acids is 1. The molecule has 1 aliphatic heterocycles. The molecule has 0 amide bonds. The van der Waals surface area contributed by atoms with Crippen LogP contribution in [-0.4, -0.2) is 27.7 Å². The SMILES string of the molecule is CC1(C)CCCC12N[C@@H](C(=O)O)CS2. The van der Waals surface area contributed by atoms with E-state index in [1.807, 2.05) is 0 Å². The summed E-state index contributed by atoms with van der Waals surface area (Å²) in [5.41, 5.74) is 0.224. The van der Waals surface area contributed by atoms with Crippen molar-refractivity contribution in [2.24, 2.45) is 5.41 Å². The third-order valence-corrected chi connectivity index (χ3v) is 5.49. The minimum atomic E-state index is -0.711. The molecule has 1 spiro atoms. The van der Waals surface area contributed by atoms with E-state index in [-0.39, 0.29) is 16.3 Å². The second kappa shape index (κ2) is 3.14. The van der Waals surface area contributed by atoms with Crippen LogP contribution in [0.5, 0.6) is 0 Å². The van der Waals surface area contributed by atoms with Crippen LogP contribution in [0, 0.1) is 5.41 Å². The highest BCUT2D eigenvalue weighted by Gasteiger charge is 2.54. The Morgan fingerprint density at radius 2 is 2.21 bits per heavy atom. The smallest absolute Gasteiger partial charge is 0.321 e. The Labute approximate surface area is 88.6 Å². The molecule has 1 unspecified atom stereocenters. The average Bonchev–Trinajstić information content (AvgIpc) is 2.60. The maximum Gasteiger partial charge on any atom is 0.321 e. The van der Waals surface area contributed by atoms with Crippen LogP contribution in [0.25, 0.3) is 0 Å². The van der Waals surface area contributed by atoms with Gasteiger partial charge in [0, 0.05) is 5.75 Å². The number of nitrogens with one attached hydrogen (secondary N) is 1. The lowest BCUT2D eigenvalue weighted by Crippen LogP contribution is -2.50. The van der Waals surface area contributed by atoms with Crippen molar-refractivity contribution in [3.63, 3.8) is 0 Å². The summed E-state index contributed by atoms with van der Waals surface area (Å²) in [6, 6.07) is -0.350. The number of carbonyl (C=O) groups is 1. The predicted octanol–water partition coefficient (Wildman–Crippen LogP) is 1.68. The highest BCUT2D eigenvalue weighted by atomic mass is 32.2. The Kier molecular flexibility index (Phi) is 2.31. The van der Waals surface area contributed by atoms with E-state index in [0.717, 1.165) is 6.42 Å². The van der Waals surface area contributed by atoms with Gasteiger partial charge in [-0.3, -0.25) is 10.1 Å². The third-order valence-electron chi connectivity index (χ3n) is 3.63. The van der Waals surface area contributed by atoms with Crippen molar-refractivity contribution in [2.45, 2.75) is 44.0 Å². The fourth-order valence-corrected chi connectivity index (χ4v) is 4.26. The maximum atomic E-state index is 10.9. The molecule has 0 radical (unpaired) electrons. The van der Waals surface area contributed by atoms with Gasteiger partial charge >= 0.3 is 5.97 Å². The highest BCUT2D eigenvalue weighted by molar-refractivity contribution is 8.01. The van der Waals surface area contributed by atoms with Crippen LogP contribution in [0.1, 0.15) is 33.1 Å². The van der Waals surface area contributed by atoms with Crippen molar-refractivity contribution in [3.05, 3.63) is 0 Å². The van der Waals surface area contributed by atoms with Crippen LogP contribution < -0.4 is 5.32 Å². The lowest BCUT2D eigenvalue weighted by atomic mass is 9.86. The first-order valence-corrected chi connectivity index (χ1v) is 6.10. The largest absolute Gasteiger partial charge is 0.480 e. The van der Waals surface area contributed by atoms with E-state index in [0.29, 0.717) is 5.75 Å². The van der Waals surface area contributed by atoms with Crippen molar-refractivity contribution in [2.75, 3.05) is 5.75 Å². The van der Waals surface area contributed by atoms with E-state index < -0.39 is 5.97 Å². The van der Waals surface area contributed by atoms with Gasteiger partial charge in [-0.15, -0.1) is 11.8 Å².